The number of benzene rings is 1. The van der Waals surface area contributed by atoms with E-state index in [4.69, 9.17) is 9.72 Å². The molecule has 2 aromatic heterocycles. The average Bonchev–Trinajstić information content (AvgIpc) is 3.07. The third-order valence-electron chi connectivity index (χ3n) is 4.88. The molecule has 4 rings (SSSR count). The summed E-state index contributed by atoms with van der Waals surface area (Å²) in [5, 5.41) is 5.70. The van der Waals surface area contributed by atoms with E-state index in [0.29, 0.717) is 0 Å². The van der Waals surface area contributed by atoms with Crippen LogP contribution < -0.4 is 0 Å². The first-order chi connectivity index (χ1) is 12.2. The summed E-state index contributed by atoms with van der Waals surface area (Å²) in [5.41, 5.74) is 5.51. The van der Waals surface area contributed by atoms with Crippen molar-refractivity contribution in [2.24, 2.45) is 7.05 Å². The summed E-state index contributed by atoms with van der Waals surface area (Å²) in [7, 11) is 1.93. The lowest BCUT2D eigenvalue weighted by Crippen LogP contribution is -2.37. The Labute approximate surface area is 148 Å². The molecular formula is C20H24N4O. The molecule has 0 N–H and O–H groups in total. The molecule has 1 aromatic carbocycles. The van der Waals surface area contributed by atoms with Crippen LogP contribution in [0.25, 0.3) is 22.3 Å². The van der Waals surface area contributed by atoms with Crippen molar-refractivity contribution < 1.29 is 4.74 Å². The number of aryl methyl sites for hydroxylation is 2. The van der Waals surface area contributed by atoms with E-state index in [-0.39, 0.29) is 0 Å². The van der Waals surface area contributed by atoms with Crippen LogP contribution in [0.15, 0.2) is 36.5 Å². The first-order valence-electron chi connectivity index (χ1n) is 8.89. The van der Waals surface area contributed by atoms with Gasteiger partial charge in [0.1, 0.15) is 5.69 Å². The van der Waals surface area contributed by atoms with Gasteiger partial charge >= 0.3 is 0 Å². The lowest BCUT2D eigenvalue weighted by atomic mass is 10.0. The highest BCUT2D eigenvalue weighted by atomic mass is 16.5. The van der Waals surface area contributed by atoms with Crippen molar-refractivity contribution in [3.05, 3.63) is 47.7 Å². The van der Waals surface area contributed by atoms with Gasteiger partial charge in [0, 0.05) is 38.3 Å². The molecule has 0 amide bonds. The molecule has 0 bridgehead atoms. The smallest absolute Gasteiger partial charge is 0.111 e. The SMILES string of the molecule is Cc1cc(-c2ccn(C)n2)nc2ccc(CCN3CCOCC3)cc12. The predicted octanol–water partition coefficient (Wildman–Crippen LogP) is 2.82. The van der Waals surface area contributed by atoms with Crippen LogP contribution in [-0.2, 0) is 18.2 Å². The summed E-state index contributed by atoms with van der Waals surface area (Å²) in [6, 6.07) is 10.8. The molecule has 3 heterocycles. The zero-order chi connectivity index (χ0) is 17.2. The maximum atomic E-state index is 5.42. The number of nitrogens with zero attached hydrogens (tertiary/aromatic N) is 4. The average molecular weight is 336 g/mol. The number of hydrogen-bond acceptors (Lipinski definition) is 4. The van der Waals surface area contributed by atoms with Gasteiger partial charge in [-0.1, -0.05) is 6.07 Å². The molecule has 1 aliphatic heterocycles. The quantitative estimate of drug-likeness (QED) is 0.735. The Morgan fingerprint density at radius 2 is 1.92 bits per heavy atom. The number of fused-ring (bicyclic) bond motifs is 1. The minimum atomic E-state index is 0.858. The Morgan fingerprint density at radius 1 is 1.08 bits per heavy atom. The molecule has 0 unspecified atom stereocenters. The van der Waals surface area contributed by atoms with Gasteiger partial charge in [-0.25, -0.2) is 4.98 Å². The number of aromatic nitrogens is 3. The number of pyridine rings is 1. The normalized spacial score (nSPS) is 15.8. The molecule has 0 atom stereocenters. The molecule has 1 fully saturated rings. The third-order valence-corrected chi connectivity index (χ3v) is 4.88. The zero-order valence-electron chi connectivity index (χ0n) is 14.9. The monoisotopic (exact) mass is 336 g/mol. The third kappa shape index (κ3) is 3.57. The number of rotatable bonds is 4. The van der Waals surface area contributed by atoms with Crippen LogP contribution in [0.3, 0.4) is 0 Å². The fourth-order valence-corrected chi connectivity index (χ4v) is 3.39. The Bertz CT molecular complexity index is 881. The summed E-state index contributed by atoms with van der Waals surface area (Å²) in [6.45, 7) is 7.05. The molecule has 1 saturated heterocycles. The van der Waals surface area contributed by atoms with Crippen molar-refractivity contribution in [3.8, 4) is 11.4 Å². The number of hydrogen-bond donors (Lipinski definition) is 0. The standard InChI is InChI=1S/C20H24N4O/c1-15-13-20(19-6-7-23(2)22-19)21-18-4-3-16(14-17(15)18)5-8-24-9-11-25-12-10-24/h3-4,6-7,13-14H,5,8-12H2,1-2H3. The molecule has 0 spiro atoms. The van der Waals surface area contributed by atoms with E-state index in [1.807, 2.05) is 24.0 Å². The number of ether oxygens (including phenoxy) is 1. The van der Waals surface area contributed by atoms with Crippen molar-refractivity contribution in [2.75, 3.05) is 32.8 Å². The van der Waals surface area contributed by atoms with E-state index in [2.05, 4.69) is 41.2 Å². The first-order valence-corrected chi connectivity index (χ1v) is 8.89. The van der Waals surface area contributed by atoms with Crippen molar-refractivity contribution in [3.63, 3.8) is 0 Å². The van der Waals surface area contributed by atoms with Crippen LogP contribution in [-0.4, -0.2) is 52.5 Å². The Kier molecular flexibility index (Phi) is 4.51. The van der Waals surface area contributed by atoms with Gasteiger partial charge in [-0.3, -0.25) is 9.58 Å². The number of morpholine rings is 1. The molecule has 0 saturated carbocycles. The highest BCUT2D eigenvalue weighted by Crippen LogP contribution is 2.24. The summed E-state index contributed by atoms with van der Waals surface area (Å²) in [4.78, 5) is 7.28. The van der Waals surface area contributed by atoms with E-state index in [1.54, 1.807) is 0 Å². The van der Waals surface area contributed by atoms with Gasteiger partial charge in [0.25, 0.3) is 0 Å². The van der Waals surface area contributed by atoms with Crippen LogP contribution >= 0.6 is 0 Å². The van der Waals surface area contributed by atoms with Crippen LogP contribution in [0.2, 0.25) is 0 Å². The summed E-state index contributed by atoms with van der Waals surface area (Å²) >= 11 is 0. The van der Waals surface area contributed by atoms with Crippen LogP contribution in [0, 0.1) is 6.92 Å². The van der Waals surface area contributed by atoms with Crippen LogP contribution in [0.1, 0.15) is 11.1 Å². The lowest BCUT2D eigenvalue weighted by Gasteiger charge is -2.26. The van der Waals surface area contributed by atoms with Crippen molar-refractivity contribution in [1.29, 1.82) is 0 Å². The summed E-state index contributed by atoms with van der Waals surface area (Å²) < 4.78 is 7.23. The van der Waals surface area contributed by atoms with Gasteiger partial charge in [0.05, 0.1) is 24.4 Å². The topological polar surface area (TPSA) is 43.2 Å². The molecule has 0 radical (unpaired) electrons. The maximum absolute atomic E-state index is 5.42. The Hall–Kier alpha value is -2.24. The molecule has 3 aromatic rings. The van der Waals surface area contributed by atoms with E-state index in [9.17, 15) is 0 Å². The maximum Gasteiger partial charge on any atom is 0.111 e. The minimum absolute atomic E-state index is 0.858. The van der Waals surface area contributed by atoms with Gasteiger partial charge in [-0.05, 0) is 48.7 Å². The molecule has 130 valence electrons. The van der Waals surface area contributed by atoms with E-state index >= 15 is 0 Å². The predicted molar refractivity (Wildman–Crippen MR) is 99.6 cm³/mol. The van der Waals surface area contributed by atoms with Crippen LogP contribution in [0.4, 0.5) is 0 Å². The van der Waals surface area contributed by atoms with Crippen LogP contribution in [0.5, 0.6) is 0 Å². The molecule has 5 heteroatoms. The van der Waals surface area contributed by atoms with Gasteiger partial charge in [-0.2, -0.15) is 5.10 Å². The zero-order valence-corrected chi connectivity index (χ0v) is 14.9. The lowest BCUT2D eigenvalue weighted by molar-refractivity contribution is 0.0384. The van der Waals surface area contributed by atoms with Crippen molar-refractivity contribution in [2.45, 2.75) is 13.3 Å². The largest absolute Gasteiger partial charge is 0.379 e. The molecule has 5 nitrogen and oxygen atoms in total. The van der Waals surface area contributed by atoms with E-state index in [0.717, 1.165) is 56.2 Å². The van der Waals surface area contributed by atoms with Crippen molar-refractivity contribution >= 4 is 10.9 Å². The molecule has 1 aliphatic rings. The fraction of sp³-hybridized carbons (Fsp3) is 0.400. The second-order valence-corrected chi connectivity index (χ2v) is 6.75. The fourth-order valence-electron chi connectivity index (χ4n) is 3.39. The Morgan fingerprint density at radius 3 is 2.68 bits per heavy atom. The molecule has 0 aliphatic carbocycles. The summed E-state index contributed by atoms with van der Waals surface area (Å²) in [5.74, 6) is 0. The van der Waals surface area contributed by atoms with E-state index < -0.39 is 0 Å². The highest BCUT2D eigenvalue weighted by Gasteiger charge is 2.11. The minimum Gasteiger partial charge on any atom is -0.379 e. The highest BCUT2D eigenvalue weighted by molar-refractivity contribution is 5.85. The second kappa shape index (κ2) is 6.94. The Balaban J connectivity index is 1.57. The second-order valence-electron chi connectivity index (χ2n) is 6.75. The van der Waals surface area contributed by atoms with E-state index in [1.165, 1.54) is 16.5 Å². The summed E-state index contributed by atoms with van der Waals surface area (Å²) in [6.07, 6.45) is 3.02. The van der Waals surface area contributed by atoms with Crippen molar-refractivity contribution in [1.82, 2.24) is 19.7 Å². The first kappa shape index (κ1) is 16.2. The van der Waals surface area contributed by atoms with Gasteiger partial charge < -0.3 is 4.74 Å². The van der Waals surface area contributed by atoms with Gasteiger partial charge in [0.15, 0.2) is 0 Å². The van der Waals surface area contributed by atoms with Gasteiger partial charge in [-0.15, -0.1) is 0 Å². The molecule has 25 heavy (non-hydrogen) atoms. The molecular weight excluding hydrogens is 312 g/mol. The van der Waals surface area contributed by atoms with Gasteiger partial charge in [0.2, 0.25) is 0 Å².